The Labute approximate surface area is 184 Å². The molecule has 5 nitrogen and oxygen atoms in total. The Morgan fingerprint density at radius 1 is 1.21 bits per heavy atom. The third-order valence-electron chi connectivity index (χ3n) is 4.18. The first-order valence-corrected chi connectivity index (χ1v) is 10.7. The predicted octanol–water partition coefficient (Wildman–Crippen LogP) is 5.30. The maximum absolute atomic E-state index is 12.4. The van der Waals surface area contributed by atoms with E-state index in [2.05, 4.69) is 53.3 Å². The maximum atomic E-state index is 12.4. The van der Waals surface area contributed by atoms with Gasteiger partial charge in [0.25, 0.3) is 5.91 Å². The molecular weight excluding hydrogens is 427 g/mol. The number of aromatic nitrogens is 3. The van der Waals surface area contributed by atoms with Crippen molar-refractivity contribution in [3.63, 3.8) is 0 Å². The lowest BCUT2D eigenvalue weighted by Crippen LogP contribution is -2.25. The highest BCUT2D eigenvalue weighted by Crippen LogP contribution is 2.23. The summed E-state index contributed by atoms with van der Waals surface area (Å²) in [4.78, 5) is 12.4. The van der Waals surface area contributed by atoms with Crippen LogP contribution in [0.5, 0.6) is 0 Å². The van der Waals surface area contributed by atoms with Crippen molar-refractivity contribution in [2.45, 2.75) is 30.9 Å². The second-order valence-electron chi connectivity index (χ2n) is 6.38. The molecule has 29 heavy (non-hydrogen) atoms. The molecule has 8 heteroatoms. The van der Waals surface area contributed by atoms with Crippen LogP contribution in [0.1, 0.15) is 27.3 Å². The van der Waals surface area contributed by atoms with Crippen LogP contribution in [0.3, 0.4) is 0 Å². The van der Waals surface area contributed by atoms with Gasteiger partial charge >= 0.3 is 0 Å². The summed E-state index contributed by atoms with van der Waals surface area (Å²) in [5.74, 6) is 1.13. The van der Waals surface area contributed by atoms with E-state index in [-0.39, 0.29) is 12.5 Å². The lowest BCUT2D eigenvalue weighted by atomic mass is 10.2. The molecule has 0 aliphatic carbocycles. The molecule has 0 radical (unpaired) electrons. The number of hydrogen-bond donors (Lipinski definition) is 1. The van der Waals surface area contributed by atoms with Gasteiger partial charge in [-0.1, -0.05) is 70.9 Å². The van der Waals surface area contributed by atoms with Crippen molar-refractivity contribution in [1.82, 2.24) is 20.1 Å². The van der Waals surface area contributed by atoms with E-state index in [1.54, 1.807) is 30.0 Å². The van der Waals surface area contributed by atoms with E-state index >= 15 is 0 Å². The minimum absolute atomic E-state index is 0.226. The van der Waals surface area contributed by atoms with Gasteiger partial charge in [-0.15, -0.1) is 16.8 Å². The summed E-state index contributed by atoms with van der Waals surface area (Å²) in [7, 11) is 0. The average Bonchev–Trinajstić information content (AvgIpc) is 3.08. The maximum Gasteiger partial charge on any atom is 0.253 e. The molecule has 2 aromatic carbocycles. The second kappa shape index (κ2) is 9.96. The van der Waals surface area contributed by atoms with E-state index < -0.39 is 0 Å². The number of halogens is 2. The number of aryl methyl sites for hydroxylation is 1. The van der Waals surface area contributed by atoms with Crippen LogP contribution in [0, 0.1) is 6.92 Å². The van der Waals surface area contributed by atoms with E-state index in [0.29, 0.717) is 28.0 Å². The quantitative estimate of drug-likeness (QED) is 0.376. The number of thioether (sulfide) groups is 1. The number of amides is 1. The van der Waals surface area contributed by atoms with Crippen molar-refractivity contribution in [2.75, 3.05) is 0 Å². The van der Waals surface area contributed by atoms with Crippen LogP contribution in [0.25, 0.3) is 0 Å². The number of allylic oxidation sites excluding steroid dienone is 1. The fourth-order valence-electron chi connectivity index (χ4n) is 2.63. The molecule has 0 spiro atoms. The van der Waals surface area contributed by atoms with Crippen LogP contribution in [-0.4, -0.2) is 20.7 Å². The average molecular weight is 447 g/mol. The molecular formula is C21H20Cl2N4OS. The summed E-state index contributed by atoms with van der Waals surface area (Å²) < 4.78 is 1.94. The Kier molecular flexibility index (Phi) is 7.36. The largest absolute Gasteiger partial charge is 0.345 e. The molecule has 1 heterocycles. The summed E-state index contributed by atoms with van der Waals surface area (Å²) in [6.45, 7) is 6.65. The van der Waals surface area contributed by atoms with Crippen LogP contribution in [0.15, 0.2) is 60.3 Å². The predicted molar refractivity (Wildman–Crippen MR) is 119 cm³/mol. The molecule has 0 atom stereocenters. The number of nitrogens with zero attached hydrogens (tertiary/aromatic N) is 3. The highest BCUT2D eigenvalue weighted by molar-refractivity contribution is 7.98. The Balaban J connectivity index is 1.68. The van der Waals surface area contributed by atoms with Crippen molar-refractivity contribution in [3.8, 4) is 0 Å². The summed E-state index contributed by atoms with van der Waals surface area (Å²) in [5, 5.41) is 12.9. The van der Waals surface area contributed by atoms with Gasteiger partial charge in [0.15, 0.2) is 11.0 Å². The first kappa shape index (κ1) is 21.4. The molecule has 0 aliphatic rings. The van der Waals surface area contributed by atoms with Crippen molar-refractivity contribution in [2.24, 2.45) is 0 Å². The molecule has 0 fully saturated rings. The smallest absolute Gasteiger partial charge is 0.253 e. The van der Waals surface area contributed by atoms with Crippen molar-refractivity contribution >= 4 is 40.9 Å². The minimum atomic E-state index is -0.298. The number of rotatable bonds is 8. The Hall–Kier alpha value is -2.28. The molecule has 0 saturated heterocycles. The molecule has 0 bridgehead atoms. The van der Waals surface area contributed by atoms with Gasteiger partial charge in [-0.25, -0.2) is 0 Å². The summed E-state index contributed by atoms with van der Waals surface area (Å²) in [6, 6.07) is 13.2. The number of hydrogen-bond acceptors (Lipinski definition) is 4. The molecule has 1 aromatic heterocycles. The van der Waals surface area contributed by atoms with Gasteiger partial charge in [0.1, 0.15) is 0 Å². The van der Waals surface area contributed by atoms with Crippen LogP contribution < -0.4 is 5.32 Å². The molecule has 3 rings (SSSR count). The van der Waals surface area contributed by atoms with Crippen LogP contribution in [0.4, 0.5) is 0 Å². The standard InChI is InChI=1S/C21H20Cl2N4OS/c1-3-10-27-19(12-24-20(28)17-9-8-16(22)11-18(17)23)25-26-21(27)29-13-15-6-4-14(2)5-7-15/h3-9,11H,1,10,12-13H2,2H3,(H,24,28). The number of benzene rings is 2. The zero-order chi connectivity index (χ0) is 20.8. The summed E-state index contributed by atoms with van der Waals surface area (Å²) >= 11 is 13.6. The molecule has 3 aromatic rings. The van der Waals surface area contributed by atoms with E-state index in [9.17, 15) is 4.79 Å². The normalized spacial score (nSPS) is 10.7. The molecule has 1 amide bonds. The van der Waals surface area contributed by atoms with E-state index in [4.69, 9.17) is 23.2 Å². The fourth-order valence-corrected chi connectivity index (χ4v) is 4.05. The first-order chi connectivity index (χ1) is 14.0. The highest BCUT2D eigenvalue weighted by atomic mass is 35.5. The molecule has 0 unspecified atom stereocenters. The third-order valence-corrected chi connectivity index (χ3v) is 5.76. The lowest BCUT2D eigenvalue weighted by molar-refractivity contribution is 0.0949. The number of carbonyl (C=O) groups is 1. The number of carbonyl (C=O) groups excluding carboxylic acids is 1. The van der Waals surface area contributed by atoms with E-state index in [0.717, 1.165) is 10.9 Å². The Morgan fingerprint density at radius 3 is 2.66 bits per heavy atom. The SMILES string of the molecule is C=CCn1c(CNC(=O)c2ccc(Cl)cc2Cl)nnc1SCc1ccc(C)cc1. The van der Waals surface area contributed by atoms with Gasteiger partial charge in [0, 0.05) is 17.3 Å². The monoisotopic (exact) mass is 446 g/mol. The zero-order valence-corrected chi connectivity index (χ0v) is 18.2. The van der Waals surface area contributed by atoms with Crippen molar-refractivity contribution in [1.29, 1.82) is 0 Å². The molecule has 0 saturated carbocycles. The van der Waals surface area contributed by atoms with E-state index in [1.165, 1.54) is 17.2 Å². The first-order valence-electron chi connectivity index (χ1n) is 8.92. The lowest BCUT2D eigenvalue weighted by Gasteiger charge is -2.10. The van der Waals surface area contributed by atoms with Crippen molar-refractivity contribution in [3.05, 3.63) is 87.7 Å². The highest BCUT2D eigenvalue weighted by Gasteiger charge is 2.15. The molecule has 1 N–H and O–H groups in total. The molecule has 0 aliphatic heterocycles. The minimum Gasteiger partial charge on any atom is -0.345 e. The van der Waals surface area contributed by atoms with Crippen LogP contribution >= 0.6 is 35.0 Å². The summed E-state index contributed by atoms with van der Waals surface area (Å²) in [5.41, 5.74) is 2.80. The fraction of sp³-hybridized carbons (Fsp3) is 0.190. The van der Waals surface area contributed by atoms with Crippen molar-refractivity contribution < 1.29 is 4.79 Å². The molecule has 150 valence electrons. The van der Waals surface area contributed by atoms with Gasteiger partial charge in [0.2, 0.25) is 0 Å². The summed E-state index contributed by atoms with van der Waals surface area (Å²) in [6.07, 6.45) is 1.78. The Bertz CT molecular complexity index is 1020. The third kappa shape index (κ3) is 5.63. The van der Waals surface area contributed by atoms with Gasteiger partial charge < -0.3 is 9.88 Å². The van der Waals surface area contributed by atoms with Gasteiger partial charge in [-0.05, 0) is 30.7 Å². The zero-order valence-electron chi connectivity index (χ0n) is 15.9. The Morgan fingerprint density at radius 2 is 1.97 bits per heavy atom. The van der Waals surface area contributed by atoms with Crippen LogP contribution in [0.2, 0.25) is 10.0 Å². The van der Waals surface area contributed by atoms with E-state index in [1.807, 2.05) is 4.57 Å². The topological polar surface area (TPSA) is 59.8 Å². The number of nitrogens with one attached hydrogen (secondary N) is 1. The second-order valence-corrected chi connectivity index (χ2v) is 8.17. The van der Waals surface area contributed by atoms with Gasteiger partial charge in [-0.3, -0.25) is 4.79 Å². The van der Waals surface area contributed by atoms with Crippen LogP contribution in [-0.2, 0) is 18.8 Å². The van der Waals surface area contributed by atoms with Gasteiger partial charge in [-0.2, -0.15) is 0 Å². The van der Waals surface area contributed by atoms with Gasteiger partial charge in [0.05, 0.1) is 17.1 Å².